The van der Waals surface area contributed by atoms with E-state index in [-0.39, 0.29) is 24.1 Å². The molecule has 0 radical (unpaired) electrons. The van der Waals surface area contributed by atoms with Crippen LogP contribution in [0.1, 0.15) is 118 Å². The van der Waals surface area contributed by atoms with Crippen molar-refractivity contribution in [2.24, 2.45) is 0 Å². The molecule has 0 rings (SSSR count). The summed E-state index contributed by atoms with van der Waals surface area (Å²) in [6.07, 6.45) is 13.6. The lowest BCUT2D eigenvalue weighted by atomic mass is 10.1. The molecule has 0 N–H and O–H groups in total. The summed E-state index contributed by atoms with van der Waals surface area (Å²) in [4.78, 5) is 23.6. The molecule has 0 saturated carbocycles. The maximum atomic E-state index is 11.8. The highest BCUT2D eigenvalue weighted by atomic mass is 16.5. The van der Waals surface area contributed by atoms with Gasteiger partial charge in [0.2, 0.25) is 0 Å². The quantitative estimate of drug-likeness (QED) is 0.221. The molecule has 0 amide bonds. The van der Waals surface area contributed by atoms with E-state index in [4.69, 9.17) is 9.47 Å². The smallest absolute Gasteiger partial charge is 0.306 e. The van der Waals surface area contributed by atoms with Crippen LogP contribution in [0.25, 0.3) is 0 Å². The molecule has 4 heteroatoms. The van der Waals surface area contributed by atoms with E-state index in [0.717, 1.165) is 25.7 Å². The molecule has 4 nitrogen and oxygen atoms in total. The van der Waals surface area contributed by atoms with Gasteiger partial charge in [-0.15, -0.1) is 0 Å². The van der Waals surface area contributed by atoms with Gasteiger partial charge in [0.15, 0.2) is 0 Å². The van der Waals surface area contributed by atoms with Crippen LogP contribution in [-0.4, -0.2) is 24.1 Å². The summed E-state index contributed by atoms with van der Waals surface area (Å²) in [6.45, 7) is 8.30. The maximum absolute atomic E-state index is 11.8. The summed E-state index contributed by atoms with van der Waals surface area (Å²) < 4.78 is 10.8. The molecule has 2 atom stereocenters. The predicted octanol–water partition coefficient (Wildman–Crippen LogP) is 6.35. The molecule has 0 aliphatic heterocycles. The van der Waals surface area contributed by atoms with Crippen molar-refractivity contribution in [3.8, 4) is 0 Å². The van der Waals surface area contributed by atoms with Crippen molar-refractivity contribution < 1.29 is 19.1 Å². The largest absolute Gasteiger partial charge is 0.463 e. The van der Waals surface area contributed by atoms with Crippen molar-refractivity contribution in [3.05, 3.63) is 0 Å². The maximum Gasteiger partial charge on any atom is 0.306 e. The van der Waals surface area contributed by atoms with Gasteiger partial charge in [0.25, 0.3) is 0 Å². The van der Waals surface area contributed by atoms with Gasteiger partial charge in [-0.05, 0) is 52.4 Å². The number of esters is 2. The molecular weight excluding hydrogens is 328 g/mol. The number of unbranched alkanes of at least 4 members (excludes halogenated alkanes) is 7. The van der Waals surface area contributed by atoms with Gasteiger partial charge < -0.3 is 9.47 Å². The SMILES string of the molecule is CCCCCC[C@@H](C)OC(=O)CCCCC(=O)O[C@H](C)CCCCCC. The first-order chi connectivity index (χ1) is 12.5. The van der Waals surface area contributed by atoms with Crippen LogP contribution in [0.2, 0.25) is 0 Å². The zero-order chi connectivity index (χ0) is 19.6. The Hall–Kier alpha value is -1.06. The molecule has 0 bridgehead atoms. The van der Waals surface area contributed by atoms with E-state index in [1.165, 1.54) is 38.5 Å². The average Bonchev–Trinajstić information content (AvgIpc) is 2.59. The number of hydrogen-bond acceptors (Lipinski definition) is 4. The lowest BCUT2D eigenvalue weighted by molar-refractivity contribution is -0.151. The average molecular weight is 371 g/mol. The zero-order valence-electron chi connectivity index (χ0n) is 17.7. The molecule has 0 spiro atoms. The van der Waals surface area contributed by atoms with Gasteiger partial charge in [-0.25, -0.2) is 0 Å². The van der Waals surface area contributed by atoms with E-state index < -0.39 is 0 Å². The predicted molar refractivity (Wildman–Crippen MR) is 107 cm³/mol. The van der Waals surface area contributed by atoms with Crippen LogP contribution in [0.5, 0.6) is 0 Å². The van der Waals surface area contributed by atoms with Crippen molar-refractivity contribution >= 4 is 11.9 Å². The standard InChI is InChI=1S/C22H42O4/c1-5-7-9-11-15-19(3)25-21(23)17-13-14-18-22(24)26-20(4)16-12-10-8-6-2/h19-20H,5-18H2,1-4H3/t19-,20-/m1/s1. The van der Waals surface area contributed by atoms with Crippen LogP contribution in [0.4, 0.5) is 0 Å². The molecule has 0 aromatic heterocycles. The number of carbonyl (C=O) groups is 2. The number of ether oxygens (including phenoxy) is 2. The third-order valence-corrected chi connectivity index (χ3v) is 4.61. The fourth-order valence-corrected chi connectivity index (χ4v) is 2.94. The summed E-state index contributed by atoms with van der Waals surface area (Å²) in [5.74, 6) is -0.295. The van der Waals surface area contributed by atoms with Crippen molar-refractivity contribution in [1.82, 2.24) is 0 Å². The van der Waals surface area contributed by atoms with E-state index >= 15 is 0 Å². The first-order valence-electron chi connectivity index (χ1n) is 10.9. The monoisotopic (exact) mass is 370 g/mol. The summed E-state index contributed by atoms with van der Waals surface area (Å²) in [7, 11) is 0. The first kappa shape index (κ1) is 24.9. The van der Waals surface area contributed by atoms with Gasteiger partial charge in [-0.2, -0.15) is 0 Å². The van der Waals surface area contributed by atoms with Crippen LogP contribution in [-0.2, 0) is 19.1 Å². The zero-order valence-corrected chi connectivity index (χ0v) is 17.7. The molecule has 0 unspecified atom stereocenters. The molecule has 0 aromatic rings. The van der Waals surface area contributed by atoms with Crippen molar-refractivity contribution in [3.63, 3.8) is 0 Å². The van der Waals surface area contributed by atoms with E-state index in [2.05, 4.69) is 13.8 Å². The molecule has 0 heterocycles. The number of rotatable bonds is 17. The highest BCUT2D eigenvalue weighted by Crippen LogP contribution is 2.12. The second kappa shape index (κ2) is 17.4. The lowest BCUT2D eigenvalue weighted by Crippen LogP contribution is -2.16. The van der Waals surface area contributed by atoms with Crippen molar-refractivity contribution in [1.29, 1.82) is 0 Å². The molecule has 0 aliphatic rings. The minimum Gasteiger partial charge on any atom is -0.463 e. The molecule has 154 valence electrons. The van der Waals surface area contributed by atoms with Crippen molar-refractivity contribution in [2.75, 3.05) is 0 Å². The molecule has 0 aromatic carbocycles. The van der Waals surface area contributed by atoms with E-state index in [0.29, 0.717) is 25.7 Å². The molecule has 0 saturated heterocycles. The van der Waals surface area contributed by atoms with Crippen LogP contribution in [0.3, 0.4) is 0 Å². The Kier molecular flexibility index (Phi) is 16.7. The van der Waals surface area contributed by atoms with E-state index in [1.807, 2.05) is 13.8 Å². The third kappa shape index (κ3) is 16.4. The topological polar surface area (TPSA) is 52.6 Å². The van der Waals surface area contributed by atoms with Crippen LogP contribution < -0.4 is 0 Å². The van der Waals surface area contributed by atoms with Crippen LogP contribution in [0.15, 0.2) is 0 Å². The Balaban J connectivity index is 3.61. The minimum atomic E-state index is -0.148. The fourth-order valence-electron chi connectivity index (χ4n) is 2.94. The second-order valence-electron chi connectivity index (χ2n) is 7.51. The molecule has 0 aliphatic carbocycles. The number of hydrogen-bond donors (Lipinski definition) is 0. The molecule has 26 heavy (non-hydrogen) atoms. The van der Waals surface area contributed by atoms with E-state index in [1.54, 1.807) is 0 Å². The Morgan fingerprint density at radius 2 is 1.00 bits per heavy atom. The van der Waals surface area contributed by atoms with Gasteiger partial charge in [-0.1, -0.05) is 52.4 Å². The van der Waals surface area contributed by atoms with Crippen LogP contribution >= 0.6 is 0 Å². The van der Waals surface area contributed by atoms with Gasteiger partial charge in [0.05, 0.1) is 12.2 Å². The third-order valence-electron chi connectivity index (χ3n) is 4.61. The van der Waals surface area contributed by atoms with Crippen LogP contribution in [0, 0.1) is 0 Å². The number of carbonyl (C=O) groups excluding carboxylic acids is 2. The lowest BCUT2D eigenvalue weighted by Gasteiger charge is -2.14. The van der Waals surface area contributed by atoms with Gasteiger partial charge >= 0.3 is 11.9 Å². The Labute approximate surface area is 161 Å². The fraction of sp³-hybridized carbons (Fsp3) is 0.909. The summed E-state index contributed by atoms with van der Waals surface area (Å²) in [5.41, 5.74) is 0. The minimum absolute atomic E-state index is 0.00196. The Bertz CT molecular complexity index is 320. The summed E-state index contributed by atoms with van der Waals surface area (Å²) in [5, 5.41) is 0. The summed E-state index contributed by atoms with van der Waals surface area (Å²) >= 11 is 0. The van der Waals surface area contributed by atoms with Crippen molar-refractivity contribution in [2.45, 2.75) is 130 Å². The van der Waals surface area contributed by atoms with Gasteiger partial charge in [0.1, 0.15) is 0 Å². The summed E-state index contributed by atoms with van der Waals surface area (Å²) in [6, 6.07) is 0. The first-order valence-corrected chi connectivity index (χ1v) is 10.9. The van der Waals surface area contributed by atoms with E-state index in [9.17, 15) is 9.59 Å². The second-order valence-corrected chi connectivity index (χ2v) is 7.51. The Morgan fingerprint density at radius 3 is 1.35 bits per heavy atom. The van der Waals surface area contributed by atoms with Gasteiger partial charge in [-0.3, -0.25) is 9.59 Å². The highest BCUT2D eigenvalue weighted by molar-refractivity contribution is 5.70. The Morgan fingerprint density at radius 1 is 0.615 bits per heavy atom. The van der Waals surface area contributed by atoms with Gasteiger partial charge in [0, 0.05) is 12.8 Å². The molecule has 0 fully saturated rings. The highest BCUT2D eigenvalue weighted by Gasteiger charge is 2.12. The molecular formula is C22H42O4. The normalized spacial score (nSPS) is 13.2.